The van der Waals surface area contributed by atoms with E-state index in [1.807, 2.05) is 18.2 Å². The van der Waals surface area contributed by atoms with Gasteiger partial charge in [0.05, 0.1) is 23.1 Å². The second-order valence-corrected chi connectivity index (χ2v) is 11.1. The van der Waals surface area contributed by atoms with Crippen molar-refractivity contribution in [1.29, 1.82) is 10.5 Å². The Bertz CT molecular complexity index is 1210. The van der Waals surface area contributed by atoms with Gasteiger partial charge < -0.3 is 10.2 Å². The Morgan fingerprint density at radius 1 is 1.02 bits per heavy atom. The number of ketones is 1. The van der Waals surface area contributed by atoms with E-state index in [4.69, 9.17) is 0 Å². The molecular formula is C34H44N4O2. The highest BCUT2D eigenvalue weighted by molar-refractivity contribution is 5.93. The van der Waals surface area contributed by atoms with E-state index >= 15 is 0 Å². The van der Waals surface area contributed by atoms with Gasteiger partial charge in [-0.05, 0) is 82.0 Å². The molecule has 0 atom stereocenters. The molecule has 1 aliphatic carbocycles. The van der Waals surface area contributed by atoms with Crippen molar-refractivity contribution in [3.8, 4) is 12.1 Å². The van der Waals surface area contributed by atoms with Crippen molar-refractivity contribution < 1.29 is 9.59 Å². The topological polar surface area (TPSA) is 97.0 Å². The number of hydrogen-bond donors (Lipinski definition) is 1. The fourth-order valence-electron chi connectivity index (χ4n) is 5.03. The second-order valence-electron chi connectivity index (χ2n) is 11.1. The lowest BCUT2D eigenvalue weighted by atomic mass is 9.68. The Hall–Kier alpha value is -3.74. The molecule has 1 amide bonds. The first-order valence-corrected chi connectivity index (χ1v) is 14.3. The molecule has 0 radical (unpaired) electrons. The van der Waals surface area contributed by atoms with Gasteiger partial charge in [0.2, 0.25) is 5.91 Å². The molecule has 40 heavy (non-hydrogen) atoms. The number of carbonyl (C=O) groups excluding carboxylic acids is 2. The summed E-state index contributed by atoms with van der Waals surface area (Å²) in [5, 5.41) is 22.8. The van der Waals surface area contributed by atoms with Crippen LogP contribution < -0.4 is 5.32 Å². The van der Waals surface area contributed by atoms with Crippen molar-refractivity contribution in [2.45, 2.75) is 84.6 Å². The van der Waals surface area contributed by atoms with Crippen LogP contribution in [0, 0.1) is 28.6 Å². The van der Waals surface area contributed by atoms with Gasteiger partial charge in [0.25, 0.3) is 0 Å². The maximum absolute atomic E-state index is 11.8. The van der Waals surface area contributed by atoms with Crippen LogP contribution in [0.5, 0.6) is 0 Å². The number of allylic oxidation sites excluding steroid dienone is 1. The van der Waals surface area contributed by atoms with Gasteiger partial charge in [-0.25, -0.2) is 0 Å². The number of carbonyl (C=O) groups is 2. The predicted molar refractivity (Wildman–Crippen MR) is 160 cm³/mol. The zero-order valence-electron chi connectivity index (χ0n) is 24.7. The fourth-order valence-corrected chi connectivity index (χ4v) is 5.03. The standard InChI is InChI=1S/C24H30N4O2.C10H14/c1-18(19(2)29)16-28(20(3)30)14-6-13-27-22-9-11-24(17-26,12-10-22)23-8-5-4-7-21(23)15-25;1-9(2)8-10-6-4-3-5-7-10/h4-5,7-8,16,22,27H,6,9-14H2,1-3H3;3-7,9H,8H2,1-2H3/b18-16-;. The van der Waals surface area contributed by atoms with Crippen molar-refractivity contribution in [1.82, 2.24) is 10.2 Å². The van der Waals surface area contributed by atoms with Crippen molar-refractivity contribution >= 4 is 11.7 Å². The van der Waals surface area contributed by atoms with Crippen LogP contribution in [-0.2, 0) is 21.4 Å². The van der Waals surface area contributed by atoms with Crippen LogP contribution in [0.15, 0.2) is 66.4 Å². The summed E-state index contributed by atoms with van der Waals surface area (Å²) < 4.78 is 0. The molecule has 0 bridgehead atoms. The molecule has 6 heteroatoms. The Labute approximate surface area is 240 Å². The average Bonchev–Trinajstić information content (AvgIpc) is 2.95. The number of amides is 1. The molecule has 2 aromatic rings. The lowest BCUT2D eigenvalue weighted by Gasteiger charge is -2.36. The number of rotatable bonds is 10. The molecule has 1 N–H and O–H groups in total. The SMILES string of the molecule is CC(=O)/C(C)=C\N(CCCNC1CCC(C#N)(c2ccccc2C#N)CC1)C(C)=O.CC(C)Cc1ccccc1. The lowest BCUT2D eigenvalue weighted by Crippen LogP contribution is -2.40. The molecule has 0 unspecified atom stereocenters. The van der Waals surface area contributed by atoms with Crippen LogP contribution in [0.1, 0.15) is 83.4 Å². The van der Waals surface area contributed by atoms with Crippen LogP contribution in [0.3, 0.4) is 0 Å². The van der Waals surface area contributed by atoms with Crippen LogP contribution in [0.2, 0.25) is 0 Å². The van der Waals surface area contributed by atoms with Crippen LogP contribution in [0.4, 0.5) is 0 Å². The molecule has 3 rings (SSSR count). The molecule has 1 saturated carbocycles. The van der Waals surface area contributed by atoms with Gasteiger partial charge in [-0.15, -0.1) is 0 Å². The monoisotopic (exact) mass is 540 g/mol. The first-order valence-electron chi connectivity index (χ1n) is 14.3. The average molecular weight is 541 g/mol. The fraction of sp³-hybridized carbons (Fsp3) is 0.471. The highest BCUT2D eigenvalue weighted by atomic mass is 16.2. The van der Waals surface area contributed by atoms with Crippen molar-refractivity contribution in [2.24, 2.45) is 5.92 Å². The molecule has 212 valence electrons. The van der Waals surface area contributed by atoms with Crippen LogP contribution in [-0.4, -0.2) is 35.7 Å². The van der Waals surface area contributed by atoms with E-state index in [0.717, 1.165) is 50.1 Å². The Balaban J connectivity index is 0.000000469. The normalized spacial score (nSPS) is 18.6. The predicted octanol–water partition coefficient (Wildman–Crippen LogP) is 6.47. The highest BCUT2D eigenvalue weighted by Crippen LogP contribution is 2.40. The summed E-state index contributed by atoms with van der Waals surface area (Å²) in [6.45, 7) is 10.5. The molecule has 0 heterocycles. The summed E-state index contributed by atoms with van der Waals surface area (Å²) in [5.74, 6) is 0.645. The van der Waals surface area contributed by atoms with Gasteiger partial charge in [0.15, 0.2) is 5.78 Å². The van der Waals surface area contributed by atoms with Gasteiger partial charge >= 0.3 is 0 Å². The summed E-state index contributed by atoms with van der Waals surface area (Å²) in [7, 11) is 0. The van der Waals surface area contributed by atoms with E-state index in [1.54, 1.807) is 24.1 Å². The Morgan fingerprint density at radius 3 is 2.20 bits per heavy atom. The first kappa shape index (κ1) is 32.5. The maximum atomic E-state index is 11.8. The summed E-state index contributed by atoms with van der Waals surface area (Å²) in [4.78, 5) is 24.8. The third kappa shape index (κ3) is 10.1. The number of nitrogens with one attached hydrogen (secondary N) is 1. The number of Topliss-reactive ketones (excluding diaryl/α,β-unsaturated/α-hetero) is 1. The summed E-state index contributed by atoms with van der Waals surface area (Å²) in [6.07, 6.45) is 6.78. The first-order chi connectivity index (χ1) is 19.1. The lowest BCUT2D eigenvalue weighted by molar-refractivity contribution is -0.126. The highest BCUT2D eigenvalue weighted by Gasteiger charge is 2.38. The zero-order chi connectivity index (χ0) is 29.5. The Morgan fingerprint density at radius 2 is 1.65 bits per heavy atom. The van der Waals surface area contributed by atoms with E-state index in [2.05, 4.69) is 61.6 Å². The minimum atomic E-state index is -0.592. The van der Waals surface area contributed by atoms with Gasteiger partial charge in [-0.3, -0.25) is 9.59 Å². The molecule has 0 aromatic heterocycles. The van der Waals surface area contributed by atoms with Crippen molar-refractivity contribution in [3.63, 3.8) is 0 Å². The van der Waals surface area contributed by atoms with Crippen molar-refractivity contribution in [2.75, 3.05) is 13.1 Å². The second kappa shape index (κ2) is 16.4. The van der Waals surface area contributed by atoms with Crippen molar-refractivity contribution in [3.05, 3.63) is 83.1 Å². The van der Waals surface area contributed by atoms with E-state index in [0.29, 0.717) is 23.7 Å². The maximum Gasteiger partial charge on any atom is 0.223 e. The van der Waals surface area contributed by atoms with Gasteiger partial charge in [-0.1, -0.05) is 62.4 Å². The van der Waals surface area contributed by atoms with E-state index in [9.17, 15) is 20.1 Å². The molecule has 0 saturated heterocycles. The summed E-state index contributed by atoms with van der Waals surface area (Å²) in [6, 6.07) is 23.1. The third-order valence-corrected chi connectivity index (χ3v) is 7.42. The van der Waals surface area contributed by atoms with Gasteiger partial charge in [-0.2, -0.15) is 10.5 Å². The molecule has 1 aliphatic rings. The third-order valence-electron chi connectivity index (χ3n) is 7.42. The summed E-state index contributed by atoms with van der Waals surface area (Å²) in [5.41, 5.74) is 2.85. The number of nitrogens with zero attached hydrogens (tertiary/aromatic N) is 3. The number of benzene rings is 2. The van der Waals surface area contributed by atoms with E-state index in [1.165, 1.54) is 25.8 Å². The molecule has 0 spiro atoms. The molecule has 0 aliphatic heterocycles. The minimum absolute atomic E-state index is 0.0412. The Kier molecular flexibility index (Phi) is 13.3. The quantitative estimate of drug-likeness (QED) is 0.275. The molecule has 6 nitrogen and oxygen atoms in total. The largest absolute Gasteiger partial charge is 0.319 e. The van der Waals surface area contributed by atoms with Gasteiger partial charge in [0.1, 0.15) is 0 Å². The molecule has 2 aromatic carbocycles. The zero-order valence-corrected chi connectivity index (χ0v) is 24.7. The van der Waals surface area contributed by atoms with Crippen LogP contribution >= 0.6 is 0 Å². The smallest absolute Gasteiger partial charge is 0.223 e. The van der Waals surface area contributed by atoms with E-state index < -0.39 is 5.41 Å². The number of nitriles is 2. The van der Waals surface area contributed by atoms with Gasteiger partial charge in [0, 0.05) is 31.3 Å². The summed E-state index contributed by atoms with van der Waals surface area (Å²) >= 11 is 0. The number of hydrogen-bond acceptors (Lipinski definition) is 5. The molecule has 1 fully saturated rings. The van der Waals surface area contributed by atoms with Crippen LogP contribution in [0.25, 0.3) is 0 Å². The van der Waals surface area contributed by atoms with E-state index in [-0.39, 0.29) is 11.7 Å². The molecular weight excluding hydrogens is 496 g/mol. The minimum Gasteiger partial charge on any atom is -0.319 e.